The van der Waals surface area contributed by atoms with E-state index in [0.29, 0.717) is 13.1 Å². The van der Waals surface area contributed by atoms with Crippen LogP contribution < -0.4 is 5.32 Å². The monoisotopic (exact) mass is 516 g/mol. The number of guanidine groups is 1. The Balaban J connectivity index is 0.00000484. The number of amides is 1. The van der Waals surface area contributed by atoms with Gasteiger partial charge in [0, 0.05) is 31.6 Å². The molecule has 1 aromatic heterocycles. The highest BCUT2D eigenvalue weighted by Crippen LogP contribution is 2.22. The lowest BCUT2D eigenvalue weighted by Crippen LogP contribution is -2.45. The molecule has 0 aliphatic rings. The molecule has 1 rings (SSSR count). The molecule has 0 aliphatic heterocycles. The largest absolute Gasteiger partial charge is 0.357 e. The van der Waals surface area contributed by atoms with E-state index in [1.807, 2.05) is 43.7 Å². The summed E-state index contributed by atoms with van der Waals surface area (Å²) in [5, 5.41) is 3.24. The van der Waals surface area contributed by atoms with Gasteiger partial charge in [0.05, 0.1) is 16.9 Å². The normalized spacial score (nSPS) is 10.9. The zero-order valence-electron chi connectivity index (χ0n) is 14.1. The van der Waals surface area contributed by atoms with E-state index >= 15 is 0 Å². The Morgan fingerprint density at radius 2 is 1.96 bits per heavy atom. The third kappa shape index (κ3) is 7.84. The van der Waals surface area contributed by atoms with Crippen molar-refractivity contribution in [2.24, 2.45) is 4.99 Å². The maximum atomic E-state index is 12.2. The third-order valence-electron chi connectivity index (χ3n) is 3.20. The predicted octanol–water partition coefficient (Wildman–Crippen LogP) is 3.39. The molecular weight excluding hydrogens is 491 g/mol. The quantitative estimate of drug-likeness (QED) is 0.343. The van der Waals surface area contributed by atoms with Gasteiger partial charge in [0.25, 0.3) is 0 Å². The van der Waals surface area contributed by atoms with Gasteiger partial charge in [0.1, 0.15) is 0 Å². The summed E-state index contributed by atoms with van der Waals surface area (Å²) in [5.74, 6) is 0.879. The standard InChI is InChI=1S/C15H25BrN4OS.HI/c1-5-17-15(18-10-12-8-9-13(16)22-12)19(4)11-14(21)20(6-2)7-3;/h8-9H,5-7,10-11H2,1-4H3,(H,17,18);1H. The average molecular weight is 517 g/mol. The van der Waals surface area contributed by atoms with Crippen LogP contribution in [0.2, 0.25) is 0 Å². The summed E-state index contributed by atoms with van der Waals surface area (Å²) in [6.45, 7) is 9.21. The van der Waals surface area contributed by atoms with Gasteiger partial charge in [-0.15, -0.1) is 35.3 Å². The summed E-state index contributed by atoms with van der Waals surface area (Å²) in [6.07, 6.45) is 0. The van der Waals surface area contributed by atoms with E-state index in [4.69, 9.17) is 0 Å². The third-order valence-corrected chi connectivity index (χ3v) is 4.81. The van der Waals surface area contributed by atoms with E-state index in [0.717, 1.165) is 29.4 Å². The minimum absolute atomic E-state index is 0. The summed E-state index contributed by atoms with van der Waals surface area (Å²) in [5.41, 5.74) is 0. The van der Waals surface area contributed by atoms with Crippen LogP contribution in [0.15, 0.2) is 20.9 Å². The predicted molar refractivity (Wildman–Crippen MR) is 113 cm³/mol. The first kappa shape index (κ1) is 22.6. The second-order valence-corrected chi connectivity index (χ2v) is 7.35. The Morgan fingerprint density at radius 3 is 2.43 bits per heavy atom. The van der Waals surface area contributed by atoms with Crippen molar-refractivity contribution in [2.75, 3.05) is 33.2 Å². The number of hydrogen-bond donors (Lipinski definition) is 1. The fraction of sp³-hybridized carbons (Fsp3) is 0.600. The summed E-state index contributed by atoms with van der Waals surface area (Å²) in [4.78, 5) is 21.7. The molecule has 0 aromatic carbocycles. The van der Waals surface area contributed by atoms with Crippen molar-refractivity contribution in [2.45, 2.75) is 27.3 Å². The molecular formula is C15H26BrIN4OS. The molecule has 0 unspecified atom stereocenters. The van der Waals surface area contributed by atoms with Crippen molar-refractivity contribution in [3.8, 4) is 0 Å². The Labute approximate surface area is 168 Å². The first-order chi connectivity index (χ1) is 10.5. The number of halogens is 2. The summed E-state index contributed by atoms with van der Waals surface area (Å²) < 4.78 is 1.10. The van der Waals surface area contributed by atoms with Gasteiger partial charge in [-0.2, -0.15) is 0 Å². The molecule has 1 aromatic rings. The minimum Gasteiger partial charge on any atom is -0.357 e. The van der Waals surface area contributed by atoms with E-state index < -0.39 is 0 Å². The Morgan fingerprint density at radius 1 is 1.30 bits per heavy atom. The highest BCUT2D eigenvalue weighted by molar-refractivity contribution is 14.0. The van der Waals surface area contributed by atoms with Gasteiger partial charge in [0.15, 0.2) is 5.96 Å². The number of carbonyl (C=O) groups is 1. The van der Waals surface area contributed by atoms with E-state index in [1.54, 1.807) is 11.3 Å². The Kier molecular flexibility index (Phi) is 11.9. The molecule has 8 heteroatoms. The number of carbonyl (C=O) groups excluding carboxylic acids is 1. The van der Waals surface area contributed by atoms with Gasteiger partial charge in [-0.25, -0.2) is 4.99 Å². The molecule has 23 heavy (non-hydrogen) atoms. The molecule has 0 saturated heterocycles. The number of nitrogens with one attached hydrogen (secondary N) is 1. The van der Waals surface area contributed by atoms with E-state index in [9.17, 15) is 4.79 Å². The maximum Gasteiger partial charge on any atom is 0.242 e. The van der Waals surface area contributed by atoms with Gasteiger partial charge in [-0.1, -0.05) is 0 Å². The van der Waals surface area contributed by atoms with Crippen LogP contribution in [0.1, 0.15) is 25.6 Å². The second kappa shape index (κ2) is 12.1. The average Bonchev–Trinajstić information content (AvgIpc) is 2.90. The van der Waals surface area contributed by atoms with E-state index in [2.05, 4.69) is 32.3 Å². The smallest absolute Gasteiger partial charge is 0.242 e. The van der Waals surface area contributed by atoms with Crippen LogP contribution in [0.25, 0.3) is 0 Å². The second-order valence-electron chi connectivity index (χ2n) is 4.80. The van der Waals surface area contributed by atoms with E-state index in [1.165, 1.54) is 4.88 Å². The molecule has 1 heterocycles. The zero-order chi connectivity index (χ0) is 16.5. The van der Waals surface area contributed by atoms with Crippen LogP contribution in [0, 0.1) is 0 Å². The van der Waals surface area contributed by atoms with Crippen LogP contribution in [0.5, 0.6) is 0 Å². The van der Waals surface area contributed by atoms with Gasteiger partial charge >= 0.3 is 0 Å². The number of rotatable bonds is 7. The highest BCUT2D eigenvalue weighted by atomic mass is 127. The first-order valence-electron chi connectivity index (χ1n) is 7.53. The number of thiophene rings is 1. The first-order valence-corrected chi connectivity index (χ1v) is 9.14. The van der Waals surface area contributed by atoms with Crippen molar-refractivity contribution >= 4 is 63.1 Å². The number of aliphatic imine (C=N–C) groups is 1. The molecule has 0 saturated carbocycles. The van der Waals surface area contributed by atoms with Crippen LogP contribution in [-0.2, 0) is 11.3 Å². The summed E-state index contributed by atoms with van der Waals surface area (Å²) in [7, 11) is 1.90. The van der Waals surface area contributed by atoms with Crippen molar-refractivity contribution in [1.29, 1.82) is 0 Å². The van der Waals surface area contributed by atoms with Crippen LogP contribution in [0.4, 0.5) is 0 Å². The van der Waals surface area contributed by atoms with Crippen molar-refractivity contribution in [3.05, 3.63) is 20.8 Å². The van der Waals surface area contributed by atoms with Crippen LogP contribution in [-0.4, -0.2) is 54.9 Å². The van der Waals surface area contributed by atoms with Crippen LogP contribution >= 0.6 is 51.2 Å². The molecule has 5 nitrogen and oxygen atoms in total. The Bertz CT molecular complexity index is 505. The topological polar surface area (TPSA) is 47.9 Å². The van der Waals surface area contributed by atoms with Crippen molar-refractivity contribution < 1.29 is 4.79 Å². The fourth-order valence-electron chi connectivity index (χ4n) is 2.01. The molecule has 0 aliphatic carbocycles. The van der Waals surface area contributed by atoms with Gasteiger partial charge in [-0.3, -0.25) is 4.79 Å². The fourth-order valence-corrected chi connectivity index (χ4v) is 3.42. The molecule has 1 amide bonds. The van der Waals surface area contributed by atoms with Crippen molar-refractivity contribution in [1.82, 2.24) is 15.1 Å². The highest BCUT2D eigenvalue weighted by Gasteiger charge is 2.15. The summed E-state index contributed by atoms with van der Waals surface area (Å²) in [6, 6.07) is 4.08. The van der Waals surface area contributed by atoms with Gasteiger partial charge in [-0.05, 0) is 48.8 Å². The maximum absolute atomic E-state index is 12.2. The molecule has 0 bridgehead atoms. The number of likely N-dealkylation sites (N-methyl/N-ethyl adjacent to an activating group) is 2. The zero-order valence-corrected chi connectivity index (χ0v) is 18.9. The molecule has 0 spiro atoms. The lowest BCUT2D eigenvalue weighted by Gasteiger charge is -2.25. The Hall–Kier alpha value is -0.350. The van der Waals surface area contributed by atoms with E-state index in [-0.39, 0.29) is 29.9 Å². The van der Waals surface area contributed by atoms with Gasteiger partial charge < -0.3 is 15.1 Å². The lowest BCUT2D eigenvalue weighted by atomic mass is 10.4. The molecule has 0 fully saturated rings. The molecule has 0 radical (unpaired) electrons. The number of nitrogens with zero attached hydrogens (tertiary/aromatic N) is 3. The van der Waals surface area contributed by atoms with Crippen LogP contribution in [0.3, 0.4) is 0 Å². The summed E-state index contributed by atoms with van der Waals surface area (Å²) >= 11 is 5.13. The molecule has 132 valence electrons. The van der Waals surface area contributed by atoms with Crippen molar-refractivity contribution in [3.63, 3.8) is 0 Å². The lowest BCUT2D eigenvalue weighted by molar-refractivity contribution is -0.131. The number of hydrogen-bond acceptors (Lipinski definition) is 3. The minimum atomic E-state index is 0. The van der Waals surface area contributed by atoms with Gasteiger partial charge in [0.2, 0.25) is 5.91 Å². The molecule has 1 N–H and O–H groups in total. The SMILES string of the molecule is CCNC(=NCc1ccc(Br)s1)N(C)CC(=O)N(CC)CC.I. The molecule has 0 atom stereocenters.